The summed E-state index contributed by atoms with van der Waals surface area (Å²) in [4.78, 5) is 16.1. The number of nitrogens with zero attached hydrogens (tertiary/aromatic N) is 1. The lowest BCUT2D eigenvalue weighted by molar-refractivity contribution is 0.0997. The molecule has 1 aromatic heterocycles. The Morgan fingerprint density at radius 2 is 2.03 bits per heavy atom. The molecule has 1 aliphatic carbocycles. The minimum Gasteiger partial charge on any atom is -0.496 e. The number of methoxy groups -OCH3 is 1. The summed E-state index contributed by atoms with van der Waals surface area (Å²) in [6, 6.07) is 10.7. The van der Waals surface area contributed by atoms with Gasteiger partial charge >= 0.3 is 0 Å². The van der Waals surface area contributed by atoms with Gasteiger partial charge in [0.1, 0.15) is 17.2 Å². The summed E-state index contributed by atoms with van der Waals surface area (Å²) >= 11 is 11.7. The van der Waals surface area contributed by atoms with Gasteiger partial charge in [-0.15, -0.1) is 0 Å². The highest BCUT2D eigenvalue weighted by atomic mass is 35.5. The van der Waals surface area contributed by atoms with Gasteiger partial charge in [-0.25, -0.2) is 0 Å². The maximum atomic E-state index is 11.8. The molecule has 1 saturated carbocycles. The van der Waals surface area contributed by atoms with Gasteiger partial charge in [0, 0.05) is 29.8 Å². The maximum Gasteiger partial charge on any atom is 0.252 e. The molecule has 0 atom stereocenters. The smallest absolute Gasteiger partial charge is 0.252 e. The zero-order valence-electron chi connectivity index (χ0n) is 16.1. The van der Waals surface area contributed by atoms with Crippen LogP contribution in [0.4, 0.5) is 5.69 Å². The first-order valence-electron chi connectivity index (χ1n) is 9.26. The molecule has 4 N–H and O–H groups in total. The largest absolute Gasteiger partial charge is 0.496 e. The van der Waals surface area contributed by atoms with E-state index in [1.165, 1.54) is 7.11 Å². The molecule has 0 radical (unpaired) electrons. The highest BCUT2D eigenvalue weighted by Crippen LogP contribution is 2.35. The molecule has 4 rings (SSSR count). The fourth-order valence-corrected chi connectivity index (χ4v) is 3.45. The van der Waals surface area contributed by atoms with Gasteiger partial charge in [-0.3, -0.25) is 9.78 Å². The topological polar surface area (TPSA) is 98.5 Å². The molecule has 2 aromatic carbocycles. The summed E-state index contributed by atoms with van der Waals surface area (Å²) in [6.07, 6.45) is 3.87. The molecule has 0 bridgehead atoms. The molecular weight excluding hydrogens is 424 g/mol. The van der Waals surface area contributed by atoms with Crippen LogP contribution in [0, 0.1) is 0 Å². The number of amides is 1. The lowest BCUT2D eigenvalue weighted by Crippen LogP contribution is -2.30. The van der Waals surface area contributed by atoms with Gasteiger partial charge in [-0.05, 0) is 49.3 Å². The van der Waals surface area contributed by atoms with Crippen molar-refractivity contribution >= 4 is 51.4 Å². The Labute approximate surface area is 183 Å². The van der Waals surface area contributed by atoms with Crippen molar-refractivity contribution in [2.75, 3.05) is 12.4 Å². The van der Waals surface area contributed by atoms with Gasteiger partial charge in [-0.1, -0.05) is 11.6 Å². The van der Waals surface area contributed by atoms with Gasteiger partial charge in [0.05, 0.1) is 28.9 Å². The third kappa shape index (κ3) is 4.39. The summed E-state index contributed by atoms with van der Waals surface area (Å²) in [6.45, 7) is 0. The Kier molecular flexibility index (Phi) is 5.61. The predicted molar refractivity (Wildman–Crippen MR) is 121 cm³/mol. The highest BCUT2D eigenvalue weighted by Gasteiger charge is 2.22. The molecule has 1 aliphatic rings. The van der Waals surface area contributed by atoms with Crippen LogP contribution in [0.5, 0.6) is 17.2 Å². The molecule has 1 fully saturated rings. The molecule has 0 aliphatic heterocycles. The fourth-order valence-electron chi connectivity index (χ4n) is 2.96. The number of nitrogens with two attached hydrogens (primary N) is 1. The predicted octanol–water partition coefficient (Wildman–Crippen LogP) is 4.24. The number of nitrogens with one attached hydrogen (secondary N) is 2. The van der Waals surface area contributed by atoms with Crippen LogP contribution in [0.2, 0.25) is 5.02 Å². The van der Waals surface area contributed by atoms with E-state index in [1.807, 2.05) is 0 Å². The van der Waals surface area contributed by atoms with Gasteiger partial charge in [0.25, 0.3) is 5.91 Å². The summed E-state index contributed by atoms with van der Waals surface area (Å²) in [5.41, 5.74) is 7.01. The minimum absolute atomic E-state index is 0.247. The number of anilines is 1. The Morgan fingerprint density at radius 1 is 1.23 bits per heavy atom. The Bertz CT molecular complexity index is 1150. The Balaban J connectivity index is 1.60. The van der Waals surface area contributed by atoms with Gasteiger partial charge in [-0.2, -0.15) is 0 Å². The van der Waals surface area contributed by atoms with Crippen molar-refractivity contribution in [3.05, 3.63) is 53.2 Å². The van der Waals surface area contributed by atoms with Crippen LogP contribution in [0.1, 0.15) is 23.2 Å². The van der Waals surface area contributed by atoms with E-state index < -0.39 is 5.91 Å². The van der Waals surface area contributed by atoms with Crippen molar-refractivity contribution in [2.45, 2.75) is 18.9 Å². The van der Waals surface area contributed by atoms with Crippen LogP contribution in [0.25, 0.3) is 10.9 Å². The molecule has 1 heterocycles. The minimum atomic E-state index is -0.599. The van der Waals surface area contributed by atoms with E-state index in [1.54, 1.807) is 42.6 Å². The number of carbonyl (C=O) groups is 1. The first kappa shape index (κ1) is 20.2. The van der Waals surface area contributed by atoms with Crippen molar-refractivity contribution in [3.8, 4) is 17.2 Å². The van der Waals surface area contributed by atoms with E-state index in [0.29, 0.717) is 50.0 Å². The second-order valence-electron chi connectivity index (χ2n) is 6.86. The number of thiocarbonyl (C=S) groups is 1. The number of rotatable bonds is 6. The van der Waals surface area contributed by atoms with Crippen molar-refractivity contribution in [2.24, 2.45) is 5.73 Å². The lowest BCUT2D eigenvalue weighted by Gasteiger charge is -2.14. The quantitative estimate of drug-likeness (QED) is 0.491. The Morgan fingerprint density at radius 3 is 2.70 bits per heavy atom. The molecule has 0 unspecified atom stereocenters. The van der Waals surface area contributed by atoms with E-state index in [4.69, 9.17) is 39.0 Å². The SMILES string of the molecule is COc1cc2nccc(Oc3ccc(NC(=S)NC4CC4)c(Cl)c3)c2cc1C(N)=O. The summed E-state index contributed by atoms with van der Waals surface area (Å²) in [5.74, 6) is 0.787. The van der Waals surface area contributed by atoms with Gasteiger partial charge in [0.2, 0.25) is 0 Å². The number of fused-ring (bicyclic) bond motifs is 1. The van der Waals surface area contributed by atoms with Crippen LogP contribution in [-0.4, -0.2) is 29.2 Å². The molecule has 0 saturated heterocycles. The first-order valence-corrected chi connectivity index (χ1v) is 10.0. The van der Waals surface area contributed by atoms with Gasteiger partial charge < -0.3 is 25.8 Å². The number of hydrogen-bond donors (Lipinski definition) is 3. The highest BCUT2D eigenvalue weighted by molar-refractivity contribution is 7.80. The molecule has 3 aromatic rings. The van der Waals surface area contributed by atoms with E-state index in [0.717, 1.165) is 12.8 Å². The standard InChI is InChI=1S/C21H19ClN4O3S/c1-28-19-10-17-13(9-14(19)20(23)27)18(6-7-24-17)29-12-4-5-16(15(22)8-12)26-21(30)25-11-2-3-11/h4-11H,2-3H2,1H3,(H2,23,27)(H2,25,26,30). The molecule has 7 nitrogen and oxygen atoms in total. The van der Waals surface area contributed by atoms with E-state index in [-0.39, 0.29) is 5.56 Å². The normalized spacial score (nSPS) is 13.0. The third-order valence-electron chi connectivity index (χ3n) is 4.62. The fraction of sp³-hybridized carbons (Fsp3) is 0.190. The van der Waals surface area contributed by atoms with Crippen LogP contribution in [0.15, 0.2) is 42.6 Å². The molecule has 1 amide bonds. The summed E-state index contributed by atoms with van der Waals surface area (Å²) < 4.78 is 11.3. The number of carbonyl (C=O) groups excluding carboxylic acids is 1. The van der Waals surface area contributed by atoms with Crippen molar-refractivity contribution in [3.63, 3.8) is 0 Å². The third-order valence-corrected chi connectivity index (χ3v) is 5.15. The molecule has 154 valence electrons. The number of aromatic nitrogens is 1. The van der Waals surface area contributed by atoms with Crippen LogP contribution < -0.4 is 25.8 Å². The van der Waals surface area contributed by atoms with Crippen molar-refractivity contribution in [1.29, 1.82) is 0 Å². The number of pyridine rings is 1. The zero-order valence-corrected chi connectivity index (χ0v) is 17.6. The van der Waals surface area contributed by atoms with Crippen molar-refractivity contribution in [1.82, 2.24) is 10.3 Å². The van der Waals surface area contributed by atoms with Crippen LogP contribution in [0.3, 0.4) is 0 Å². The van der Waals surface area contributed by atoms with E-state index >= 15 is 0 Å². The number of ether oxygens (including phenoxy) is 2. The monoisotopic (exact) mass is 442 g/mol. The number of halogens is 1. The number of hydrogen-bond acceptors (Lipinski definition) is 5. The van der Waals surface area contributed by atoms with Crippen molar-refractivity contribution < 1.29 is 14.3 Å². The van der Waals surface area contributed by atoms with E-state index in [2.05, 4.69) is 15.6 Å². The molecule has 0 spiro atoms. The summed E-state index contributed by atoms with van der Waals surface area (Å²) in [7, 11) is 1.47. The van der Waals surface area contributed by atoms with Gasteiger partial charge in [0.15, 0.2) is 5.11 Å². The van der Waals surface area contributed by atoms with Crippen LogP contribution in [-0.2, 0) is 0 Å². The summed E-state index contributed by atoms with van der Waals surface area (Å²) in [5, 5.41) is 7.93. The lowest BCUT2D eigenvalue weighted by atomic mass is 10.1. The average molecular weight is 443 g/mol. The first-order chi connectivity index (χ1) is 14.4. The zero-order chi connectivity index (χ0) is 21.3. The molecular formula is C21H19ClN4O3S. The maximum absolute atomic E-state index is 11.8. The number of benzene rings is 2. The average Bonchev–Trinajstić information content (AvgIpc) is 3.53. The second kappa shape index (κ2) is 8.33. The Hall–Kier alpha value is -3.10. The molecule has 9 heteroatoms. The van der Waals surface area contributed by atoms with E-state index in [9.17, 15) is 4.79 Å². The van der Waals surface area contributed by atoms with Crippen LogP contribution >= 0.6 is 23.8 Å². The molecule has 30 heavy (non-hydrogen) atoms. The second-order valence-corrected chi connectivity index (χ2v) is 7.67. The number of primary amides is 1.